The van der Waals surface area contributed by atoms with E-state index in [9.17, 15) is 181 Å². The number of phenols is 6. The maximum absolute atomic E-state index is 13.7. The number of aryl methyl sites for hydroxylation is 2. The summed E-state index contributed by atoms with van der Waals surface area (Å²) in [5, 5.41) is 62.9. The predicted octanol–water partition coefficient (Wildman–Crippen LogP) is 25.3. The van der Waals surface area contributed by atoms with Gasteiger partial charge in [-0.2, -0.15) is 171 Å². The third kappa shape index (κ3) is 25.4. The van der Waals surface area contributed by atoms with Gasteiger partial charge in [0.2, 0.25) is 0 Å². The first kappa shape index (κ1) is 107. The molecule has 0 heterocycles. The van der Waals surface area contributed by atoms with Gasteiger partial charge >= 0.3 is 96.5 Å². The minimum atomic E-state index is -7.88. The van der Waals surface area contributed by atoms with Gasteiger partial charge in [0, 0.05) is 38.3 Å². The topological polar surface area (TPSA) is 183 Å². The van der Waals surface area contributed by atoms with Gasteiger partial charge in [0.05, 0.1) is 30.8 Å². The van der Waals surface area contributed by atoms with Crippen LogP contribution < -0.4 is 9.47 Å². The van der Waals surface area contributed by atoms with E-state index in [0.717, 1.165) is 53.4 Å². The molecule has 0 fully saturated rings. The van der Waals surface area contributed by atoms with Gasteiger partial charge < -0.3 is 40.1 Å². The molecule has 7 aromatic carbocycles. The first-order valence-electron chi connectivity index (χ1n) is 30.1. The average molecular weight is 1920 g/mol. The summed E-state index contributed by atoms with van der Waals surface area (Å²) in [4.78, 5) is 9.15. The second kappa shape index (κ2) is 38.4. The van der Waals surface area contributed by atoms with Gasteiger partial charge in [-0.05, 0) is 161 Å². The third-order valence-corrected chi connectivity index (χ3v) is 15.2. The van der Waals surface area contributed by atoms with Gasteiger partial charge in [-0.3, -0.25) is 10.1 Å². The van der Waals surface area contributed by atoms with Crippen LogP contribution in [0.4, 0.5) is 177 Å². The highest BCUT2D eigenvalue weighted by Crippen LogP contribution is 2.63. The van der Waals surface area contributed by atoms with Crippen molar-refractivity contribution in [2.24, 2.45) is 0 Å². The van der Waals surface area contributed by atoms with Crippen LogP contribution in [0.15, 0.2) is 146 Å². The van der Waals surface area contributed by atoms with E-state index in [2.05, 4.69) is 39.0 Å². The number of hydrogen-bond acceptors (Lipinski definition) is 10. The summed E-state index contributed by atoms with van der Waals surface area (Å²) in [5.41, 5.74) is -12.3. The fourth-order valence-electron chi connectivity index (χ4n) is 8.50. The van der Waals surface area contributed by atoms with Crippen LogP contribution in [0.25, 0.3) is 0 Å². The molecule has 52 heteroatoms. The third-order valence-electron chi connectivity index (χ3n) is 14.3. The molecule has 0 aliphatic carbocycles. The van der Waals surface area contributed by atoms with Crippen molar-refractivity contribution in [1.82, 2.24) is 0 Å². The molecule has 0 bridgehead atoms. The first-order valence-corrected chi connectivity index (χ1v) is 31.5. The van der Waals surface area contributed by atoms with E-state index in [4.69, 9.17) is 42.2 Å². The molecule has 118 heavy (non-hydrogen) atoms. The highest BCUT2D eigenvalue weighted by Gasteiger charge is 2.91. The molecule has 0 saturated heterocycles. The molecule has 0 aliphatic rings. The quantitative estimate of drug-likeness (QED) is 0.0236. The van der Waals surface area contributed by atoms with Crippen molar-refractivity contribution in [2.45, 2.75) is 135 Å². The van der Waals surface area contributed by atoms with Gasteiger partial charge in [-0.1, -0.05) is 49.2 Å². The molecule has 0 aromatic heterocycles. The van der Waals surface area contributed by atoms with Crippen molar-refractivity contribution < 1.29 is 216 Å². The Kier molecular flexibility index (Phi) is 34.7. The molecule has 0 aliphatic heterocycles. The van der Waals surface area contributed by atoms with E-state index in [1.54, 1.807) is 24.3 Å². The fourth-order valence-corrected chi connectivity index (χ4v) is 9.54. The number of nitro benzene ring substituents is 1. The molecule has 0 radical (unpaired) electrons. The Balaban J connectivity index is 0.000000706. The van der Waals surface area contributed by atoms with Crippen molar-refractivity contribution in [3.8, 4) is 46.0 Å². The van der Waals surface area contributed by atoms with Gasteiger partial charge in [-0.15, -0.1) is 0 Å². The Bertz CT molecular complexity index is 4270. The molecule has 0 spiro atoms. The number of non-ortho nitro benzene ring substituents is 1. The summed E-state index contributed by atoms with van der Waals surface area (Å²) >= 11 is 7.37. The highest BCUT2D eigenvalue weighted by atomic mass is 127. The van der Waals surface area contributed by atoms with Crippen LogP contribution in [0, 0.1) is 20.6 Å². The summed E-state index contributed by atoms with van der Waals surface area (Å²) in [7, 11) is 2.30. The Morgan fingerprint density at radius 1 is 0.364 bits per heavy atom. The number of methoxy groups -OCH3 is 2. The lowest BCUT2D eigenvalue weighted by molar-refractivity contribution is -0.439. The van der Waals surface area contributed by atoms with Crippen LogP contribution in [0.5, 0.6) is 46.0 Å². The summed E-state index contributed by atoms with van der Waals surface area (Å²) in [6.07, 6.45) is -45.4. The van der Waals surface area contributed by atoms with Crippen molar-refractivity contribution in [1.29, 1.82) is 0 Å². The second-order valence-electron chi connectivity index (χ2n) is 23.1. The highest BCUT2D eigenvalue weighted by molar-refractivity contribution is 14.1. The molecule has 664 valence electrons. The number of ether oxygens (including phenoxy) is 2. The van der Waals surface area contributed by atoms with Crippen LogP contribution in [0.3, 0.4) is 0 Å². The number of hydrogen-bond donors (Lipinski definition) is 6. The first-order chi connectivity index (χ1) is 52.6. The monoisotopic (exact) mass is 1920 g/mol. The fraction of sp³-hybridized carbons (Fsp3) is 0.364. The number of benzene rings is 7. The van der Waals surface area contributed by atoms with Crippen molar-refractivity contribution >= 4 is 39.9 Å². The number of alkyl halides is 39. The predicted molar refractivity (Wildman–Crippen MR) is 340 cm³/mol. The zero-order valence-electron chi connectivity index (χ0n) is 57.7. The van der Waals surface area contributed by atoms with Gasteiger partial charge in [0.1, 0.15) is 46.0 Å². The SMILES string of the molecule is CCCc1ccc(O)cc1.COc1ccc(C(F)(F)C(F)(F)C(F)(F)F)cc1.COc1ccc(CC(F)(F)C(F)(F)C(F)(F)C(F)(F)C(F)(F)C(F)(F)F)cc1.Cc1cc(O)cc(I)c1.O=[N+]([O-])c1cc(O)cc(C(F)(F)F)c1.Oc1cc(Cl)cc(C(F)(F)C(F)(F)C(F)(F)F)c1.Oc1cc(O)cc(C(C(F)(F)F)(C(F)(F)F)C(F)(F)F)c1. The average Bonchev–Trinajstić information content (AvgIpc) is 0.711. The van der Waals surface area contributed by atoms with Gasteiger partial charge in [-0.25, -0.2) is 0 Å². The molecular formula is C66H48ClF39INO10. The molecule has 0 saturated carbocycles. The molecule has 0 amide bonds. The summed E-state index contributed by atoms with van der Waals surface area (Å²) < 4.78 is 504. The molecule has 11 nitrogen and oxygen atoms in total. The Morgan fingerprint density at radius 3 is 1.06 bits per heavy atom. The molecule has 0 unspecified atom stereocenters. The van der Waals surface area contributed by atoms with Gasteiger partial charge in [0.25, 0.3) is 11.1 Å². The largest absolute Gasteiger partial charge is 0.508 e. The van der Waals surface area contributed by atoms with Crippen LogP contribution in [-0.4, -0.2) is 128 Å². The smallest absolute Gasteiger partial charge is 0.460 e. The number of halogens is 41. The zero-order chi connectivity index (χ0) is 93.0. The van der Waals surface area contributed by atoms with Crippen LogP contribution >= 0.6 is 34.2 Å². The minimum Gasteiger partial charge on any atom is -0.508 e. The summed E-state index contributed by atoms with van der Waals surface area (Å²) in [6, 6.07) is 20.6. The zero-order valence-corrected chi connectivity index (χ0v) is 60.7. The molecule has 7 aromatic rings. The molecule has 7 rings (SSSR count). The lowest BCUT2D eigenvalue weighted by atomic mass is 9.77. The number of aromatic hydroxyl groups is 6. The lowest BCUT2D eigenvalue weighted by Crippen LogP contribution is -2.70. The van der Waals surface area contributed by atoms with Crippen molar-refractivity contribution in [3.63, 3.8) is 0 Å². The number of nitro groups is 1. The van der Waals surface area contributed by atoms with E-state index in [-0.39, 0.29) is 41.8 Å². The van der Waals surface area contributed by atoms with Crippen LogP contribution in [-0.2, 0) is 36.3 Å². The van der Waals surface area contributed by atoms with Crippen molar-refractivity contribution in [3.05, 3.63) is 203 Å². The summed E-state index contributed by atoms with van der Waals surface area (Å²) in [6.45, 7) is 4.11. The van der Waals surface area contributed by atoms with Crippen molar-refractivity contribution in [2.75, 3.05) is 14.2 Å². The Hall–Kier alpha value is -9.37. The molecule has 6 N–H and O–H groups in total. The van der Waals surface area contributed by atoms with E-state index in [0.29, 0.717) is 60.0 Å². The maximum Gasteiger partial charge on any atom is 0.460 e. The minimum absolute atomic E-state index is 0.000471. The van der Waals surface area contributed by atoms with E-state index in [1.807, 2.05) is 25.1 Å². The molecule has 0 atom stereocenters. The van der Waals surface area contributed by atoms with Crippen LogP contribution in [0.2, 0.25) is 5.02 Å². The normalized spacial score (nSPS) is 13.2. The van der Waals surface area contributed by atoms with E-state index >= 15 is 0 Å². The maximum atomic E-state index is 13.7. The number of nitrogens with zero attached hydrogens (tertiary/aromatic N) is 1. The lowest BCUT2D eigenvalue weighted by Gasteiger charge is -2.39. The van der Waals surface area contributed by atoms with E-state index in [1.165, 1.54) is 12.7 Å². The standard InChI is InChI=1S/C14H9F13O.C10H5F9O2.C10H7F7O.C9H4ClF7O.C9H12O.C7H4F3NO3.C7H7IO/c1-28-8-4-2-7(3-5-8)6-9(15,16)10(17,18)11(19,20)12(21,22)13(23,24)14(25,26)27;11-8(12,13)7(9(14,15)16,10(17,18)19)4-1-5(20)3-6(21)2-4;1-18-7-4-2-6(3-5-7)8(11,12)9(13,14)10(15,16)17;10-5-1-4(2-6(18)3-5)7(11,12)8(13,14)9(15,16)17;1-2-3-8-4-6-9(10)7-5-8;8-7(9,10)4-1-5(11(13)14)3-6(12)2-4;1-5-2-6(8)4-7(9)3-5/h2-5H,6H2,1H3;1-3,20-21H;2-5H,1H3;1-3,18H;4-7,10H,2-3H2,1H3;1-3,12H;2-4,9H,1H3. The van der Waals surface area contributed by atoms with Gasteiger partial charge in [0.15, 0.2) is 0 Å². The summed E-state index contributed by atoms with van der Waals surface area (Å²) in [5.74, 6) is -63.8. The second-order valence-corrected chi connectivity index (χ2v) is 24.8. The van der Waals surface area contributed by atoms with E-state index < -0.39 is 175 Å². The Morgan fingerprint density at radius 2 is 0.712 bits per heavy atom. The van der Waals surface area contributed by atoms with Crippen LogP contribution in [0.1, 0.15) is 52.3 Å². The number of phenolic OH excluding ortho intramolecular Hbond substituents is 6. The molecular weight excluding hydrogens is 1870 g/mol. The Labute approximate surface area is 652 Å². The number of rotatable bonds is 16.